The Hall–Kier alpha value is -3.54. The summed E-state index contributed by atoms with van der Waals surface area (Å²) >= 11 is 0. The zero-order valence-electron chi connectivity index (χ0n) is 16.4. The first-order valence-corrected chi connectivity index (χ1v) is 10.8. The summed E-state index contributed by atoms with van der Waals surface area (Å²) in [6.07, 6.45) is 1.22. The highest BCUT2D eigenvalue weighted by molar-refractivity contribution is 7.86. The Balaban J connectivity index is 1.91. The number of Topliss-reactive ketones (excluding diaryl/α,β-unsaturated/α-hetero) is 1. The number of ether oxygens (including phenoxy) is 1. The van der Waals surface area contributed by atoms with E-state index in [2.05, 4.69) is 0 Å². The van der Waals surface area contributed by atoms with Crippen molar-refractivity contribution < 1.29 is 47.4 Å². The van der Waals surface area contributed by atoms with Gasteiger partial charge in [-0.2, -0.15) is 8.42 Å². The lowest BCUT2D eigenvalue weighted by atomic mass is 9.76. The molecule has 0 aromatic heterocycles. The summed E-state index contributed by atoms with van der Waals surface area (Å²) in [7, 11) is -3.44. The predicted molar refractivity (Wildman–Crippen MR) is 109 cm³/mol. The van der Waals surface area contributed by atoms with E-state index in [1.807, 2.05) is 0 Å². The first kappa shape index (κ1) is 21.7. The second-order valence-corrected chi connectivity index (χ2v) is 8.92. The average molecular weight is 460 g/mol. The van der Waals surface area contributed by atoms with Crippen LogP contribution in [0.1, 0.15) is 43.0 Å². The number of hydrogen-bond acceptors (Lipinski definition) is 9. The fourth-order valence-corrected chi connectivity index (χ4v) is 4.59. The van der Waals surface area contributed by atoms with E-state index in [-0.39, 0.29) is 28.0 Å². The van der Waals surface area contributed by atoms with Gasteiger partial charge in [0.15, 0.2) is 11.6 Å². The largest absolute Gasteiger partial charge is 0.507 e. The van der Waals surface area contributed by atoms with Crippen LogP contribution in [-0.2, 0) is 21.3 Å². The monoisotopic (exact) mass is 460 g/mol. The minimum Gasteiger partial charge on any atom is -0.507 e. The van der Waals surface area contributed by atoms with Crippen molar-refractivity contribution in [1.82, 2.24) is 0 Å². The highest BCUT2D eigenvalue weighted by Gasteiger charge is 2.44. The van der Waals surface area contributed by atoms with Crippen LogP contribution in [0.25, 0.3) is 6.08 Å². The minimum atomic E-state index is -4.74. The number of phenols is 2. The molecule has 10 nitrogen and oxygen atoms in total. The molecular weight excluding hydrogens is 444 g/mol. The molecule has 0 spiro atoms. The highest BCUT2D eigenvalue weighted by Crippen LogP contribution is 2.47. The number of hydrogen-bond donors (Lipinski definition) is 4. The van der Waals surface area contributed by atoms with Crippen molar-refractivity contribution in [3.63, 3.8) is 0 Å². The smallest absolute Gasteiger partial charge is 0.272 e. The number of carbonyl (C=O) groups is 3. The van der Waals surface area contributed by atoms with E-state index in [4.69, 9.17) is 9.29 Å². The van der Waals surface area contributed by atoms with Gasteiger partial charge in [0.25, 0.3) is 10.1 Å². The summed E-state index contributed by atoms with van der Waals surface area (Å²) in [6, 6.07) is 4.28. The van der Waals surface area contributed by atoms with E-state index in [1.54, 1.807) is 0 Å². The van der Waals surface area contributed by atoms with Crippen LogP contribution in [0.4, 0.5) is 0 Å². The van der Waals surface area contributed by atoms with E-state index in [0.717, 1.165) is 12.2 Å². The third kappa shape index (κ3) is 3.09. The first-order chi connectivity index (χ1) is 14.9. The lowest BCUT2D eigenvalue weighted by Gasteiger charge is -2.30. The molecule has 2 aliphatic rings. The summed E-state index contributed by atoms with van der Waals surface area (Å²) in [4.78, 5) is 38.5. The molecule has 2 aromatic carbocycles. The van der Waals surface area contributed by atoms with E-state index < -0.39 is 67.9 Å². The molecule has 1 atom stereocenters. The van der Waals surface area contributed by atoms with Crippen LogP contribution in [0.15, 0.2) is 24.3 Å². The molecule has 0 saturated heterocycles. The van der Waals surface area contributed by atoms with Crippen molar-refractivity contribution in [1.29, 1.82) is 0 Å². The SMILES string of the molecule is COc1cccc2c1C(=O)c1c(O)c3c(c(O)c1C2=O)C[C@@](O)(C(=O)CS(=O)(=O)O)C=C3. The molecule has 0 fully saturated rings. The lowest BCUT2D eigenvalue weighted by molar-refractivity contribution is -0.130. The van der Waals surface area contributed by atoms with E-state index >= 15 is 0 Å². The second-order valence-electron chi connectivity index (χ2n) is 7.46. The van der Waals surface area contributed by atoms with Gasteiger partial charge in [0.05, 0.1) is 23.8 Å². The van der Waals surface area contributed by atoms with Gasteiger partial charge in [-0.1, -0.05) is 18.2 Å². The summed E-state index contributed by atoms with van der Waals surface area (Å²) in [6.45, 7) is 0. The van der Waals surface area contributed by atoms with E-state index in [0.29, 0.717) is 0 Å². The molecule has 0 amide bonds. The Labute approximate surface area is 181 Å². The number of ketones is 3. The van der Waals surface area contributed by atoms with Crippen molar-refractivity contribution in [2.24, 2.45) is 0 Å². The number of phenolic OH excluding ortho intramolecular Hbond substituents is 2. The Morgan fingerprint density at radius 3 is 2.38 bits per heavy atom. The van der Waals surface area contributed by atoms with Crippen LogP contribution in [-0.4, -0.2) is 64.1 Å². The van der Waals surface area contributed by atoms with Crippen LogP contribution in [0.2, 0.25) is 0 Å². The van der Waals surface area contributed by atoms with Crippen LogP contribution in [0.3, 0.4) is 0 Å². The fourth-order valence-electron chi connectivity index (χ4n) is 4.01. The third-order valence-electron chi connectivity index (χ3n) is 5.53. The molecule has 166 valence electrons. The molecule has 0 unspecified atom stereocenters. The second kappa shape index (κ2) is 6.99. The van der Waals surface area contributed by atoms with Crippen molar-refractivity contribution in [3.8, 4) is 17.2 Å². The van der Waals surface area contributed by atoms with E-state index in [9.17, 15) is 38.1 Å². The van der Waals surface area contributed by atoms with Gasteiger partial charge in [-0.25, -0.2) is 0 Å². The summed E-state index contributed by atoms with van der Waals surface area (Å²) < 4.78 is 36.2. The quantitative estimate of drug-likeness (QED) is 0.319. The molecule has 0 aliphatic heterocycles. The molecule has 4 rings (SSSR count). The summed E-state index contributed by atoms with van der Waals surface area (Å²) in [5.74, 6) is -5.50. The molecule has 2 aliphatic carbocycles. The Kier molecular flexibility index (Phi) is 4.73. The molecule has 0 heterocycles. The minimum absolute atomic E-state index is 0.0689. The van der Waals surface area contributed by atoms with Crippen molar-refractivity contribution in [2.75, 3.05) is 12.9 Å². The van der Waals surface area contributed by atoms with Gasteiger partial charge >= 0.3 is 0 Å². The zero-order valence-corrected chi connectivity index (χ0v) is 17.3. The first-order valence-electron chi connectivity index (χ1n) is 9.17. The number of carbonyl (C=O) groups excluding carboxylic acids is 3. The topological polar surface area (TPSA) is 176 Å². The standard InChI is InChI=1S/C21H16O10S/c1-31-12-4-2-3-10-14(12)20(26)16-15(18(10)24)19(25)11-7-21(27,6-5-9(11)17(16)23)13(22)8-32(28,29)30/h2-6,23,25,27H,7-8H2,1H3,(H,28,29,30)/t21-/m1/s1. The molecule has 0 saturated carbocycles. The Bertz CT molecular complexity index is 1370. The van der Waals surface area contributed by atoms with Crippen LogP contribution in [0, 0.1) is 0 Å². The number of aromatic hydroxyl groups is 2. The molecule has 32 heavy (non-hydrogen) atoms. The van der Waals surface area contributed by atoms with Crippen LogP contribution in [0.5, 0.6) is 17.2 Å². The third-order valence-corrected chi connectivity index (χ3v) is 6.16. The normalized spacial score (nSPS) is 19.2. The van der Waals surface area contributed by atoms with Gasteiger partial charge in [-0.05, 0) is 12.1 Å². The maximum atomic E-state index is 13.2. The Morgan fingerprint density at radius 1 is 1.09 bits per heavy atom. The summed E-state index contributed by atoms with van der Waals surface area (Å²) in [5, 5.41) is 32.3. The van der Waals surface area contributed by atoms with Gasteiger partial charge in [-0.3, -0.25) is 18.9 Å². The number of aliphatic hydroxyl groups is 1. The predicted octanol–water partition coefficient (Wildman–Crippen LogP) is 0.639. The lowest BCUT2D eigenvalue weighted by Crippen LogP contribution is -2.43. The molecular formula is C21H16O10S. The number of rotatable bonds is 4. The van der Waals surface area contributed by atoms with Crippen molar-refractivity contribution in [2.45, 2.75) is 12.0 Å². The molecule has 11 heteroatoms. The maximum absolute atomic E-state index is 13.2. The Morgan fingerprint density at radius 2 is 1.75 bits per heavy atom. The molecule has 4 N–H and O–H groups in total. The summed E-state index contributed by atoms with van der Waals surface area (Å²) in [5.41, 5.74) is -3.91. The highest BCUT2D eigenvalue weighted by atomic mass is 32.2. The van der Waals surface area contributed by atoms with Crippen molar-refractivity contribution >= 4 is 33.5 Å². The van der Waals surface area contributed by atoms with Gasteiger partial charge in [0.2, 0.25) is 5.78 Å². The van der Waals surface area contributed by atoms with Gasteiger partial charge in [0, 0.05) is 23.1 Å². The molecule has 0 bridgehead atoms. The average Bonchev–Trinajstić information content (AvgIpc) is 2.72. The number of methoxy groups -OCH3 is 1. The number of benzene rings is 2. The fraction of sp³-hybridized carbons (Fsp3) is 0.190. The van der Waals surface area contributed by atoms with Gasteiger partial charge < -0.3 is 20.1 Å². The van der Waals surface area contributed by atoms with Gasteiger partial charge in [0.1, 0.15) is 28.6 Å². The van der Waals surface area contributed by atoms with Crippen molar-refractivity contribution in [3.05, 3.63) is 57.7 Å². The zero-order chi connectivity index (χ0) is 23.6. The maximum Gasteiger partial charge on any atom is 0.272 e. The van der Waals surface area contributed by atoms with Crippen LogP contribution >= 0.6 is 0 Å². The number of fused-ring (bicyclic) bond motifs is 3. The van der Waals surface area contributed by atoms with Crippen LogP contribution < -0.4 is 4.74 Å². The molecule has 2 aromatic rings. The van der Waals surface area contributed by atoms with E-state index in [1.165, 1.54) is 25.3 Å². The molecule has 0 radical (unpaired) electrons. The van der Waals surface area contributed by atoms with Gasteiger partial charge in [-0.15, -0.1) is 0 Å².